The third-order valence-electron chi connectivity index (χ3n) is 5.92. The number of nitrogen functional groups attached to an aromatic ring is 1. The largest absolute Gasteiger partial charge is 0.494 e. The van der Waals surface area contributed by atoms with E-state index >= 15 is 0 Å². The van der Waals surface area contributed by atoms with Crippen LogP contribution in [0.2, 0.25) is 0 Å². The van der Waals surface area contributed by atoms with E-state index in [1.165, 1.54) is 11.3 Å². The third-order valence-corrected chi connectivity index (χ3v) is 8.03. The number of oxazole rings is 1. The van der Waals surface area contributed by atoms with Crippen molar-refractivity contribution in [2.24, 2.45) is 0 Å². The average molecular weight is 594 g/mol. The van der Waals surface area contributed by atoms with Crippen molar-refractivity contribution in [3.63, 3.8) is 0 Å². The summed E-state index contributed by atoms with van der Waals surface area (Å²) in [7, 11) is 0. The zero-order chi connectivity index (χ0) is 29.2. The summed E-state index contributed by atoms with van der Waals surface area (Å²) in [4.78, 5) is 33.3. The molecule has 2 aromatic carbocycles. The van der Waals surface area contributed by atoms with Gasteiger partial charge in [0.15, 0.2) is 11.0 Å². The number of aromatic nitrogens is 2. The van der Waals surface area contributed by atoms with Crippen LogP contribution >= 0.6 is 23.1 Å². The first kappa shape index (κ1) is 30.1. The highest BCUT2D eigenvalue weighted by molar-refractivity contribution is 8.01. The molecule has 9 nitrogen and oxygen atoms in total. The molecule has 4 N–H and O–H groups in total. The molecular formula is C30H35N5O4S2. The molecule has 4 aromatic rings. The predicted molar refractivity (Wildman–Crippen MR) is 165 cm³/mol. The number of rotatable bonds is 13. The van der Waals surface area contributed by atoms with Gasteiger partial charge in [-0.25, -0.2) is 9.97 Å². The number of nitrogens with two attached hydrogens (primary N) is 1. The summed E-state index contributed by atoms with van der Waals surface area (Å²) in [5, 5.41) is 6.25. The van der Waals surface area contributed by atoms with Crippen LogP contribution < -0.4 is 21.1 Å². The molecule has 0 spiro atoms. The quantitative estimate of drug-likeness (QED) is 0.0931. The summed E-state index contributed by atoms with van der Waals surface area (Å²) in [6, 6.07) is 14.5. The molecule has 0 aliphatic heterocycles. The highest BCUT2D eigenvalue weighted by Crippen LogP contribution is 2.29. The predicted octanol–water partition coefficient (Wildman–Crippen LogP) is 6.32. The molecule has 0 bridgehead atoms. The van der Waals surface area contributed by atoms with E-state index in [9.17, 15) is 9.59 Å². The normalized spacial score (nSPS) is 11.3. The van der Waals surface area contributed by atoms with Crippen molar-refractivity contribution in [1.82, 2.24) is 9.97 Å². The van der Waals surface area contributed by atoms with Gasteiger partial charge in [0.05, 0.1) is 41.0 Å². The maximum atomic E-state index is 12.5. The number of thioether (sulfide) groups is 1. The second-order valence-electron chi connectivity index (χ2n) is 10.4. The molecule has 0 radical (unpaired) electrons. The molecule has 0 unspecified atom stereocenters. The van der Waals surface area contributed by atoms with E-state index in [0.717, 1.165) is 33.6 Å². The second-order valence-corrected chi connectivity index (χ2v) is 12.8. The summed E-state index contributed by atoms with van der Waals surface area (Å²) < 4.78 is 12.6. The Labute approximate surface area is 248 Å². The summed E-state index contributed by atoms with van der Waals surface area (Å²) in [6.07, 6.45) is 5.41. The molecule has 0 atom stereocenters. The molecule has 0 fully saturated rings. The van der Waals surface area contributed by atoms with Crippen molar-refractivity contribution >= 4 is 51.4 Å². The smallest absolute Gasteiger partial charge is 0.230 e. The minimum atomic E-state index is -0.135. The van der Waals surface area contributed by atoms with Crippen molar-refractivity contribution < 1.29 is 18.7 Å². The number of para-hydroxylation sites is 2. The molecule has 2 aromatic heterocycles. The Balaban J connectivity index is 1.13. The summed E-state index contributed by atoms with van der Waals surface area (Å²) >= 11 is 3.11. The highest BCUT2D eigenvalue weighted by atomic mass is 32.2. The van der Waals surface area contributed by atoms with Crippen LogP contribution in [0, 0.1) is 0 Å². The fourth-order valence-corrected chi connectivity index (χ4v) is 5.59. The number of anilines is 3. The van der Waals surface area contributed by atoms with Crippen LogP contribution in [0.3, 0.4) is 0 Å². The Morgan fingerprint density at radius 3 is 2.54 bits per heavy atom. The van der Waals surface area contributed by atoms with E-state index in [1.54, 1.807) is 36.3 Å². The molecule has 0 aliphatic rings. The zero-order valence-corrected chi connectivity index (χ0v) is 25.1. The number of aryl methyl sites for hydroxylation is 1. The Hall–Kier alpha value is -3.83. The van der Waals surface area contributed by atoms with Crippen molar-refractivity contribution in [2.45, 2.75) is 56.1 Å². The maximum Gasteiger partial charge on any atom is 0.230 e. The van der Waals surface area contributed by atoms with Crippen LogP contribution in [0.5, 0.6) is 5.75 Å². The van der Waals surface area contributed by atoms with Gasteiger partial charge in [-0.3, -0.25) is 9.59 Å². The molecule has 11 heteroatoms. The summed E-state index contributed by atoms with van der Waals surface area (Å²) in [5.41, 5.74) is 7.80. The molecule has 41 heavy (non-hydrogen) atoms. The monoisotopic (exact) mass is 593 g/mol. The van der Waals surface area contributed by atoms with E-state index in [2.05, 4.69) is 41.4 Å². The Morgan fingerprint density at radius 1 is 1.02 bits per heavy atom. The van der Waals surface area contributed by atoms with Crippen LogP contribution in [0.15, 0.2) is 69.6 Å². The van der Waals surface area contributed by atoms with Gasteiger partial charge in [0, 0.05) is 24.0 Å². The minimum absolute atomic E-state index is 0.0566. The summed E-state index contributed by atoms with van der Waals surface area (Å²) in [5.74, 6) is 2.86. The number of amides is 2. The van der Waals surface area contributed by atoms with Crippen molar-refractivity contribution in [3.05, 3.63) is 78.1 Å². The number of ether oxygens (including phenoxy) is 1. The van der Waals surface area contributed by atoms with Gasteiger partial charge in [0.2, 0.25) is 11.8 Å². The zero-order valence-electron chi connectivity index (χ0n) is 23.4. The van der Waals surface area contributed by atoms with Gasteiger partial charge in [-0.05, 0) is 36.2 Å². The lowest BCUT2D eigenvalue weighted by Crippen LogP contribution is -2.14. The van der Waals surface area contributed by atoms with E-state index in [0.29, 0.717) is 41.7 Å². The lowest BCUT2D eigenvalue weighted by Gasteiger charge is -2.13. The first-order chi connectivity index (χ1) is 19.7. The van der Waals surface area contributed by atoms with Crippen molar-refractivity contribution in [2.75, 3.05) is 28.7 Å². The van der Waals surface area contributed by atoms with Gasteiger partial charge in [0.25, 0.3) is 0 Å². The standard InChI is InChI=1S/C30H35N5O4S2/c1-30(2,3)24-18-32-27(39-24)14-16-40-28-19-33-29(41-28)35-26(37)17-20-10-12-21(13-11-20)38-15-6-9-25(36)34-23-8-5-4-7-22(23)31/h4-5,7-8,10-13,18-19H,6,9,14-17,31H2,1-3H3,(H,34,36)(H,33,35,37). The molecule has 216 valence electrons. The fourth-order valence-electron chi connectivity index (χ4n) is 3.69. The number of nitrogens with one attached hydrogen (secondary N) is 2. The number of thiazole rings is 1. The second kappa shape index (κ2) is 14.2. The van der Waals surface area contributed by atoms with Crippen molar-refractivity contribution in [3.8, 4) is 5.75 Å². The number of benzene rings is 2. The van der Waals surface area contributed by atoms with Gasteiger partial charge < -0.3 is 25.5 Å². The van der Waals surface area contributed by atoms with Crippen LogP contribution in [0.25, 0.3) is 0 Å². The van der Waals surface area contributed by atoms with E-state index in [1.807, 2.05) is 36.4 Å². The van der Waals surface area contributed by atoms with Crippen LogP contribution in [-0.2, 0) is 27.8 Å². The molecular weight excluding hydrogens is 558 g/mol. The number of carbonyl (C=O) groups is 2. The maximum absolute atomic E-state index is 12.5. The Morgan fingerprint density at radius 2 is 1.80 bits per heavy atom. The number of carbonyl (C=O) groups excluding carboxylic acids is 2. The van der Waals surface area contributed by atoms with Gasteiger partial charge in [0.1, 0.15) is 11.5 Å². The number of hydrogen-bond donors (Lipinski definition) is 3. The lowest BCUT2D eigenvalue weighted by atomic mass is 9.94. The summed E-state index contributed by atoms with van der Waals surface area (Å²) in [6.45, 7) is 6.69. The number of hydrogen-bond acceptors (Lipinski definition) is 9. The molecule has 0 saturated carbocycles. The van der Waals surface area contributed by atoms with Gasteiger partial charge in [-0.2, -0.15) is 0 Å². The van der Waals surface area contributed by atoms with E-state index < -0.39 is 0 Å². The average Bonchev–Trinajstić information content (AvgIpc) is 3.59. The molecule has 2 amide bonds. The van der Waals surface area contributed by atoms with Crippen LogP contribution in [0.4, 0.5) is 16.5 Å². The van der Waals surface area contributed by atoms with Crippen LogP contribution in [0.1, 0.15) is 50.8 Å². The van der Waals surface area contributed by atoms with Gasteiger partial charge in [-0.1, -0.05) is 56.4 Å². The molecule has 0 saturated heterocycles. The van der Waals surface area contributed by atoms with Crippen molar-refractivity contribution in [1.29, 1.82) is 0 Å². The number of nitrogens with zero attached hydrogens (tertiary/aromatic N) is 2. The Kier molecular flexibility index (Phi) is 10.4. The van der Waals surface area contributed by atoms with E-state index in [4.69, 9.17) is 14.9 Å². The molecule has 0 aliphatic carbocycles. The molecule has 2 heterocycles. The topological polar surface area (TPSA) is 132 Å². The minimum Gasteiger partial charge on any atom is -0.494 e. The lowest BCUT2D eigenvalue weighted by molar-refractivity contribution is -0.116. The first-order valence-corrected chi connectivity index (χ1v) is 15.2. The fraction of sp³-hybridized carbons (Fsp3) is 0.333. The molecule has 4 rings (SSSR count). The van der Waals surface area contributed by atoms with E-state index in [-0.39, 0.29) is 23.7 Å². The van der Waals surface area contributed by atoms with Gasteiger partial charge in [-0.15, -0.1) is 11.8 Å². The highest BCUT2D eigenvalue weighted by Gasteiger charge is 2.19. The third kappa shape index (κ3) is 9.65. The first-order valence-electron chi connectivity index (χ1n) is 13.4. The van der Waals surface area contributed by atoms with Gasteiger partial charge >= 0.3 is 0 Å². The Bertz CT molecular complexity index is 1440. The van der Waals surface area contributed by atoms with Crippen LogP contribution in [-0.4, -0.2) is 34.1 Å². The SMILES string of the molecule is CC(C)(C)c1cnc(CCSc2cnc(NC(=O)Cc3ccc(OCCCC(=O)Nc4ccccc4N)cc3)s2)o1.